The standard InChI is InChI=1S/C49H60F3NO2/c1-6-8-10-12-14-18-29-48(30-19-15-13-11-9-7-2)45-21-17-16-20-43(45)44-27-26-41(35-46(44)48)53(42-33-37(5)32-39(34-42)49(50,51)52)40-24-22-38(23-25-40)28-31-55-47(54)36(3)4/h16-17,20-27,32-35H,3,6-15,18-19,28-31H2,1-2,4-5H3. The number of fused-ring (bicyclic) bond motifs is 3. The Morgan fingerprint density at radius 3 is 1.89 bits per heavy atom. The van der Waals surface area contributed by atoms with Gasteiger partial charge in [-0.05, 0) is 103 Å². The Labute approximate surface area is 328 Å². The Bertz CT molecular complexity index is 1860. The molecule has 0 bridgehead atoms. The Morgan fingerprint density at radius 1 is 0.691 bits per heavy atom. The molecule has 0 radical (unpaired) electrons. The average molecular weight is 752 g/mol. The van der Waals surface area contributed by atoms with Crippen LogP contribution in [0.2, 0.25) is 0 Å². The largest absolute Gasteiger partial charge is 0.462 e. The molecule has 0 aliphatic heterocycles. The summed E-state index contributed by atoms with van der Waals surface area (Å²) in [5.74, 6) is -0.425. The summed E-state index contributed by atoms with van der Waals surface area (Å²) in [7, 11) is 0. The molecule has 0 saturated heterocycles. The summed E-state index contributed by atoms with van der Waals surface area (Å²) in [6.07, 6.45) is 12.8. The fourth-order valence-corrected chi connectivity index (χ4v) is 8.36. The van der Waals surface area contributed by atoms with Crippen molar-refractivity contribution in [3.05, 3.63) is 125 Å². The number of aryl methyl sites for hydroxylation is 1. The number of halogens is 3. The van der Waals surface area contributed by atoms with Crippen LogP contribution in [-0.4, -0.2) is 12.6 Å². The number of anilines is 3. The van der Waals surface area contributed by atoms with Crippen LogP contribution in [-0.2, 0) is 27.5 Å². The zero-order valence-electron chi connectivity index (χ0n) is 33.5. The molecule has 5 rings (SSSR count). The van der Waals surface area contributed by atoms with Gasteiger partial charge in [0.2, 0.25) is 0 Å². The van der Waals surface area contributed by atoms with Crippen LogP contribution in [0.1, 0.15) is 138 Å². The topological polar surface area (TPSA) is 29.5 Å². The van der Waals surface area contributed by atoms with Crippen LogP contribution in [0.15, 0.2) is 97.1 Å². The van der Waals surface area contributed by atoms with Gasteiger partial charge in [-0.3, -0.25) is 0 Å². The number of carbonyl (C=O) groups excluding carboxylic acids is 1. The van der Waals surface area contributed by atoms with Crippen LogP contribution in [0, 0.1) is 6.92 Å². The number of alkyl halides is 3. The van der Waals surface area contributed by atoms with E-state index in [0.29, 0.717) is 23.2 Å². The molecule has 55 heavy (non-hydrogen) atoms. The van der Waals surface area contributed by atoms with E-state index in [9.17, 15) is 18.0 Å². The SMILES string of the molecule is C=C(C)C(=O)OCCc1ccc(N(c2cc(C)cc(C(F)(F)F)c2)c2ccc3c(c2)C(CCCCCCCC)(CCCCCCCC)c2ccccc2-3)cc1. The second kappa shape index (κ2) is 19.5. The van der Waals surface area contributed by atoms with Gasteiger partial charge in [0.05, 0.1) is 12.2 Å². The predicted molar refractivity (Wildman–Crippen MR) is 223 cm³/mol. The Hall–Kier alpha value is -4.32. The van der Waals surface area contributed by atoms with Crippen LogP contribution in [0.4, 0.5) is 30.2 Å². The van der Waals surface area contributed by atoms with Crippen molar-refractivity contribution in [2.24, 2.45) is 0 Å². The molecule has 1 aliphatic rings. The number of hydrogen-bond donors (Lipinski definition) is 0. The molecule has 0 unspecified atom stereocenters. The monoisotopic (exact) mass is 751 g/mol. The molecular weight excluding hydrogens is 692 g/mol. The van der Waals surface area contributed by atoms with Crippen molar-refractivity contribution in [1.29, 1.82) is 0 Å². The molecule has 0 amide bonds. The quantitative estimate of drug-likeness (QED) is 0.0482. The third-order valence-electron chi connectivity index (χ3n) is 11.2. The van der Waals surface area contributed by atoms with Crippen molar-refractivity contribution in [2.45, 2.75) is 136 Å². The average Bonchev–Trinajstić information content (AvgIpc) is 3.43. The van der Waals surface area contributed by atoms with E-state index in [1.165, 1.54) is 98.6 Å². The predicted octanol–water partition coefficient (Wildman–Crippen LogP) is 14.9. The molecule has 0 saturated carbocycles. The van der Waals surface area contributed by atoms with Crippen LogP contribution in [0.3, 0.4) is 0 Å². The second-order valence-electron chi connectivity index (χ2n) is 15.6. The van der Waals surface area contributed by atoms with E-state index in [4.69, 9.17) is 4.74 Å². The molecule has 4 aromatic carbocycles. The lowest BCUT2D eigenvalue weighted by molar-refractivity contribution is -0.139. The van der Waals surface area contributed by atoms with Crippen molar-refractivity contribution in [2.75, 3.05) is 11.5 Å². The minimum absolute atomic E-state index is 0.169. The fourth-order valence-electron chi connectivity index (χ4n) is 8.36. The van der Waals surface area contributed by atoms with E-state index in [2.05, 4.69) is 62.9 Å². The number of ether oxygens (including phenoxy) is 1. The van der Waals surface area contributed by atoms with Crippen molar-refractivity contribution in [3.8, 4) is 11.1 Å². The van der Waals surface area contributed by atoms with Crippen molar-refractivity contribution >= 4 is 23.0 Å². The minimum Gasteiger partial charge on any atom is -0.462 e. The molecule has 1 aliphatic carbocycles. The Kier molecular flexibility index (Phi) is 14.8. The smallest absolute Gasteiger partial charge is 0.416 e. The molecular formula is C49H60F3NO2. The van der Waals surface area contributed by atoms with Crippen LogP contribution in [0.25, 0.3) is 11.1 Å². The first-order chi connectivity index (χ1) is 26.5. The normalized spacial score (nSPS) is 13.0. The summed E-state index contributed by atoms with van der Waals surface area (Å²) in [5, 5.41) is 0. The first-order valence-corrected chi connectivity index (χ1v) is 20.6. The summed E-state index contributed by atoms with van der Waals surface area (Å²) < 4.78 is 48.2. The maximum Gasteiger partial charge on any atom is 0.416 e. The van der Waals surface area contributed by atoms with Crippen LogP contribution >= 0.6 is 0 Å². The van der Waals surface area contributed by atoms with Crippen LogP contribution in [0.5, 0.6) is 0 Å². The van der Waals surface area contributed by atoms with E-state index in [0.717, 1.165) is 42.6 Å². The molecule has 6 heteroatoms. The highest BCUT2D eigenvalue weighted by atomic mass is 19.4. The number of unbranched alkanes of at least 4 members (excludes halogenated alkanes) is 10. The van der Waals surface area contributed by atoms with Gasteiger partial charge in [0.15, 0.2) is 0 Å². The first kappa shape index (κ1) is 41.8. The van der Waals surface area contributed by atoms with E-state index in [1.54, 1.807) is 13.8 Å². The van der Waals surface area contributed by atoms with Gasteiger partial charge in [0.25, 0.3) is 0 Å². The lowest BCUT2D eigenvalue weighted by Crippen LogP contribution is -2.26. The lowest BCUT2D eigenvalue weighted by Gasteiger charge is -2.34. The number of benzene rings is 4. The number of hydrogen-bond acceptors (Lipinski definition) is 3. The highest BCUT2D eigenvalue weighted by Gasteiger charge is 2.42. The zero-order chi connectivity index (χ0) is 39.4. The maximum atomic E-state index is 14.3. The van der Waals surface area contributed by atoms with Crippen molar-refractivity contribution in [3.63, 3.8) is 0 Å². The van der Waals surface area contributed by atoms with Gasteiger partial charge in [-0.25, -0.2) is 4.79 Å². The molecule has 0 aromatic heterocycles. The highest BCUT2D eigenvalue weighted by molar-refractivity contribution is 5.87. The fraction of sp³-hybridized carbons (Fsp3) is 0.449. The lowest BCUT2D eigenvalue weighted by atomic mass is 9.70. The number of carbonyl (C=O) groups is 1. The van der Waals surface area contributed by atoms with E-state index in [1.807, 2.05) is 35.2 Å². The van der Waals surface area contributed by atoms with Gasteiger partial charge in [0, 0.05) is 34.5 Å². The van der Waals surface area contributed by atoms with Gasteiger partial charge >= 0.3 is 12.1 Å². The summed E-state index contributed by atoms with van der Waals surface area (Å²) in [6, 6.07) is 27.6. The number of rotatable bonds is 21. The van der Waals surface area contributed by atoms with E-state index < -0.39 is 17.7 Å². The van der Waals surface area contributed by atoms with E-state index in [-0.39, 0.29) is 12.0 Å². The molecule has 0 spiro atoms. The molecule has 0 fully saturated rings. The molecule has 0 atom stereocenters. The van der Waals surface area contributed by atoms with Gasteiger partial charge in [-0.1, -0.05) is 140 Å². The molecule has 4 aromatic rings. The van der Waals surface area contributed by atoms with Gasteiger partial charge in [-0.15, -0.1) is 0 Å². The summed E-state index contributed by atoms with van der Waals surface area (Å²) in [4.78, 5) is 13.9. The Morgan fingerprint density at radius 2 is 1.27 bits per heavy atom. The molecule has 294 valence electrons. The summed E-state index contributed by atoms with van der Waals surface area (Å²) in [6.45, 7) is 11.7. The van der Waals surface area contributed by atoms with Gasteiger partial charge in [-0.2, -0.15) is 13.2 Å². The summed E-state index contributed by atoms with van der Waals surface area (Å²) >= 11 is 0. The third-order valence-corrected chi connectivity index (χ3v) is 11.2. The first-order valence-electron chi connectivity index (χ1n) is 20.6. The van der Waals surface area contributed by atoms with Gasteiger partial charge < -0.3 is 9.64 Å². The third kappa shape index (κ3) is 10.5. The Balaban J connectivity index is 1.58. The molecule has 0 heterocycles. The summed E-state index contributed by atoms with van der Waals surface area (Å²) in [5.41, 5.74) is 8.26. The van der Waals surface area contributed by atoms with Crippen molar-refractivity contribution in [1.82, 2.24) is 0 Å². The molecule has 0 N–H and O–H groups in total. The van der Waals surface area contributed by atoms with Crippen LogP contribution < -0.4 is 4.90 Å². The molecule has 3 nitrogen and oxygen atoms in total. The van der Waals surface area contributed by atoms with E-state index >= 15 is 0 Å². The van der Waals surface area contributed by atoms with Crippen molar-refractivity contribution < 1.29 is 22.7 Å². The van der Waals surface area contributed by atoms with Gasteiger partial charge in [0.1, 0.15) is 0 Å². The highest BCUT2D eigenvalue weighted by Crippen LogP contribution is 2.55. The second-order valence-corrected chi connectivity index (χ2v) is 15.6. The maximum absolute atomic E-state index is 14.3. The zero-order valence-corrected chi connectivity index (χ0v) is 33.5. The minimum atomic E-state index is -4.49. The number of esters is 1. The number of nitrogens with zero attached hydrogens (tertiary/aromatic N) is 1.